The number of anilines is 1. The van der Waals surface area contributed by atoms with Crippen molar-refractivity contribution in [1.82, 2.24) is 14.5 Å². The molecule has 0 amide bonds. The van der Waals surface area contributed by atoms with E-state index in [1.807, 2.05) is 36.5 Å². The van der Waals surface area contributed by atoms with Gasteiger partial charge in [-0.15, -0.1) is 11.6 Å². The third kappa shape index (κ3) is 2.74. The maximum Gasteiger partial charge on any atom is 0.132 e. The van der Waals surface area contributed by atoms with Crippen molar-refractivity contribution >= 4 is 34.4 Å². The van der Waals surface area contributed by atoms with Gasteiger partial charge in [0, 0.05) is 34.9 Å². The van der Waals surface area contributed by atoms with E-state index in [2.05, 4.69) is 39.3 Å². The van der Waals surface area contributed by atoms with Crippen molar-refractivity contribution in [3.05, 3.63) is 78.8 Å². The van der Waals surface area contributed by atoms with Crippen molar-refractivity contribution in [2.24, 2.45) is 0 Å². The molecule has 0 aliphatic carbocycles. The average Bonchev–Trinajstić information content (AvgIpc) is 3.06. The minimum absolute atomic E-state index is 0.486. The number of nitrogens with two attached hydrogens (primary N) is 1. The third-order valence-corrected chi connectivity index (χ3v) is 4.69. The molecule has 4 rings (SSSR count). The highest BCUT2D eigenvalue weighted by atomic mass is 35.5. The lowest BCUT2D eigenvalue weighted by Gasteiger charge is -2.13. The average molecular weight is 361 g/mol. The van der Waals surface area contributed by atoms with Gasteiger partial charge < -0.3 is 10.3 Å². The van der Waals surface area contributed by atoms with E-state index in [1.54, 1.807) is 12.3 Å². The van der Waals surface area contributed by atoms with Crippen molar-refractivity contribution in [3.8, 4) is 16.9 Å². The minimum atomic E-state index is 0.486. The monoisotopic (exact) mass is 360 g/mol. The molecule has 0 bridgehead atoms. The molecular weight excluding hydrogens is 344 g/mol. The van der Waals surface area contributed by atoms with Crippen LogP contribution < -0.4 is 5.73 Å². The van der Waals surface area contributed by atoms with Gasteiger partial charge in [0.1, 0.15) is 5.82 Å². The van der Waals surface area contributed by atoms with Crippen molar-refractivity contribution in [2.75, 3.05) is 5.73 Å². The summed E-state index contributed by atoms with van der Waals surface area (Å²) < 4.78 is 2.16. The zero-order valence-corrected chi connectivity index (χ0v) is 14.8. The fourth-order valence-corrected chi connectivity index (χ4v) is 3.25. The van der Waals surface area contributed by atoms with Crippen LogP contribution >= 0.6 is 11.6 Å². The normalized spacial score (nSPS) is 11.0. The van der Waals surface area contributed by atoms with Gasteiger partial charge in [-0.1, -0.05) is 18.7 Å². The van der Waals surface area contributed by atoms with Gasteiger partial charge in [0.25, 0.3) is 0 Å². The van der Waals surface area contributed by atoms with E-state index in [0.717, 1.165) is 39.1 Å². The van der Waals surface area contributed by atoms with Crippen LogP contribution in [-0.4, -0.2) is 14.5 Å². The molecule has 0 unspecified atom stereocenters. The summed E-state index contributed by atoms with van der Waals surface area (Å²) in [5.41, 5.74) is 11.9. The second-order valence-corrected chi connectivity index (χ2v) is 6.24. The summed E-state index contributed by atoms with van der Waals surface area (Å²) >= 11 is 5.94. The van der Waals surface area contributed by atoms with Gasteiger partial charge in [-0.25, -0.2) is 4.98 Å². The van der Waals surface area contributed by atoms with Gasteiger partial charge in [-0.2, -0.15) is 0 Å². The van der Waals surface area contributed by atoms with E-state index in [9.17, 15) is 0 Å². The van der Waals surface area contributed by atoms with Crippen LogP contribution in [0.1, 0.15) is 11.3 Å². The molecule has 26 heavy (non-hydrogen) atoms. The Bertz CT molecular complexity index is 1100. The van der Waals surface area contributed by atoms with E-state index in [-0.39, 0.29) is 0 Å². The molecule has 0 aliphatic heterocycles. The molecule has 0 saturated carbocycles. The fraction of sp³-hybridized carbons (Fsp3) is 0.0476. The summed E-state index contributed by atoms with van der Waals surface area (Å²) in [6.07, 6.45) is 5.29. The predicted molar refractivity (Wildman–Crippen MR) is 108 cm³/mol. The number of pyridine rings is 2. The Hall–Kier alpha value is -3.11. The van der Waals surface area contributed by atoms with Gasteiger partial charge in [0.2, 0.25) is 0 Å². The number of hydrogen-bond acceptors (Lipinski definition) is 3. The number of alkyl halides is 1. The van der Waals surface area contributed by atoms with Crippen molar-refractivity contribution in [1.29, 1.82) is 0 Å². The standard InChI is InChI=1S/C21H17ClN4/c1-2-16-11-19-15(13-25-16)10-20(18-4-3-9-24-21(18)23)26(19)17-7-5-14(12-22)6-8-17/h2-11,13H,1,12H2,(H2,23,24). The predicted octanol–water partition coefficient (Wildman–Crippen LogP) is 5.05. The number of fused-ring (bicyclic) bond motifs is 1. The molecule has 0 aliphatic rings. The molecule has 4 nitrogen and oxygen atoms in total. The minimum Gasteiger partial charge on any atom is -0.383 e. The summed E-state index contributed by atoms with van der Waals surface area (Å²) in [4.78, 5) is 8.66. The zero-order valence-electron chi connectivity index (χ0n) is 14.1. The molecule has 3 aromatic heterocycles. The Morgan fingerprint density at radius 1 is 1.12 bits per heavy atom. The van der Waals surface area contributed by atoms with E-state index < -0.39 is 0 Å². The molecule has 4 aromatic rings. The Morgan fingerprint density at radius 3 is 2.62 bits per heavy atom. The number of hydrogen-bond donors (Lipinski definition) is 1. The maximum absolute atomic E-state index is 6.15. The molecule has 0 atom stereocenters. The van der Waals surface area contributed by atoms with Crippen LogP contribution in [-0.2, 0) is 5.88 Å². The molecule has 0 spiro atoms. The lowest BCUT2D eigenvalue weighted by Crippen LogP contribution is -2.00. The molecule has 0 fully saturated rings. The van der Waals surface area contributed by atoms with E-state index in [0.29, 0.717) is 11.7 Å². The first-order valence-corrected chi connectivity index (χ1v) is 8.75. The molecule has 5 heteroatoms. The highest BCUT2D eigenvalue weighted by Crippen LogP contribution is 2.33. The number of nitrogens with zero attached hydrogens (tertiary/aromatic N) is 3. The second kappa shape index (κ2) is 6.65. The van der Waals surface area contributed by atoms with Gasteiger partial charge in [0.05, 0.1) is 16.9 Å². The third-order valence-electron chi connectivity index (χ3n) is 4.38. The molecule has 2 N–H and O–H groups in total. The first-order chi connectivity index (χ1) is 12.7. The van der Waals surface area contributed by atoms with Gasteiger partial charge in [-0.05, 0) is 48.0 Å². The Kier molecular flexibility index (Phi) is 4.19. The quantitative estimate of drug-likeness (QED) is 0.518. The summed E-state index contributed by atoms with van der Waals surface area (Å²) in [6.45, 7) is 3.83. The van der Waals surface area contributed by atoms with Crippen LogP contribution in [0.5, 0.6) is 0 Å². The summed E-state index contributed by atoms with van der Waals surface area (Å²) in [5.74, 6) is 0.977. The Morgan fingerprint density at radius 2 is 1.92 bits per heavy atom. The van der Waals surface area contributed by atoms with E-state index in [1.165, 1.54) is 0 Å². The van der Waals surface area contributed by atoms with Crippen molar-refractivity contribution in [2.45, 2.75) is 5.88 Å². The number of aromatic nitrogens is 3. The topological polar surface area (TPSA) is 56.7 Å². The largest absolute Gasteiger partial charge is 0.383 e. The fourth-order valence-electron chi connectivity index (χ4n) is 3.07. The van der Waals surface area contributed by atoms with Gasteiger partial charge >= 0.3 is 0 Å². The maximum atomic E-state index is 6.15. The van der Waals surface area contributed by atoms with Crippen LogP contribution in [0.25, 0.3) is 33.9 Å². The first-order valence-electron chi connectivity index (χ1n) is 8.21. The van der Waals surface area contributed by atoms with Crippen LogP contribution in [0.15, 0.2) is 67.5 Å². The summed E-state index contributed by atoms with van der Waals surface area (Å²) in [6, 6.07) is 16.1. The smallest absolute Gasteiger partial charge is 0.132 e. The molecule has 0 radical (unpaired) electrons. The van der Waals surface area contributed by atoms with Crippen molar-refractivity contribution in [3.63, 3.8) is 0 Å². The van der Waals surface area contributed by atoms with Crippen LogP contribution in [0.2, 0.25) is 0 Å². The number of halogens is 1. The lowest BCUT2D eigenvalue weighted by molar-refractivity contribution is 1.12. The highest BCUT2D eigenvalue weighted by Gasteiger charge is 2.15. The number of nitrogen functional groups attached to an aromatic ring is 1. The molecule has 0 saturated heterocycles. The van der Waals surface area contributed by atoms with Gasteiger partial charge in [-0.3, -0.25) is 4.98 Å². The summed E-state index contributed by atoms with van der Waals surface area (Å²) in [7, 11) is 0. The van der Waals surface area contributed by atoms with Crippen LogP contribution in [0.3, 0.4) is 0 Å². The molecular formula is C21H17ClN4. The number of benzene rings is 1. The van der Waals surface area contributed by atoms with Crippen LogP contribution in [0.4, 0.5) is 5.82 Å². The lowest BCUT2D eigenvalue weighted by atomic mass is 10.1. The van der Waals surface area contributed by atoms with Gasteiger partial charge in [0.15, 0.2) is 0 Å². The first kappa shape index (κ1) is 16.4. The van der Waals surface area contributed by atoms with E-state index >= 15 is 0 Å². The molecule has 128 valence electrons. The van der Waals surface area contributed by atoms with E-state index in [4.69, 9.17) is 17.3 Å². The Labute approximate surface area is 156 Å². The highest BCUT2D eigenvalue weighted by molar-refractivity contribution is 6.17. The van der Waals surface area contributed by atoms with Crippen LogP contribution in [0, 0.1) is 0 Å². The zero-order chi connectivity index (χ0) is 18.1. The molecule has 1 aromatic carbocycles. The Balaban J connectivity index is 2.04. The van der Waals surface area contributed by atoms with Crippen molar-refractivity contribution < 1.29 is 0 Å². The molecule has 3 heterocycles. The second-order valence-electron chi connectivity index (χ2n) is 5.97. The number of rotatable bonds is 4. The summed E-state index contributed by atoms with van der Waals surface area (Å²) in [5, 5.41) is 1.02. The SMILES string of the molecule is C=Cc1cc2c(cn1)cc(-c1cccnc1N)n2-c1ccc(CCl)cc1.